The summed E-state index contributed by atoms with van der Waals surface area (Å²) in [5.74, 6) is 0. The number of hydrogen-bond donors (Lipinski definition) is 2. The van der Waals surface area contributed by atoms with E-state index in [0.717, 1.165) is 0 Å². The van der Waals surface area contributed by atoms with Crippen molar-refractivity contribution in [1.82, 2.24) is 20.4 Å². The van der Waals surface area contributed by atoms with Gasteiger partial charge in [0.1, 0.15) is 0 Å². The highest BCUT2D eigenvalue weighted by Crippen LogP contribution is 1.65. The van der Waals surface area contributed by atoms with E-state index >= 15 is 0 Å². The molecule has 11 heavy (non-hydrogen) atoms. The fourth-order valence-electron chi connectivity index (χ4n) is 0.430. The Morgan fingerprint density at radius 1 is 0.818 bits per heavy atom. The van der Waals surface area contributed by atoms with Crippen molar-refractivity contribution < 1.29 is 0 Å². The molecule has 2 aromatic rings. The van der Waals surface area contributed by atoms with Gasteiger partial charge in [-0.2, -0.15) is 10.2 Å². The van der Waals surface area contributed by atoms with Crippen LogP contribution in [0, 0.1) is 0 Å². The van der Waals surface area contributed by atoms with Crippen LogP contribution in [-0.2, 0) is 0 Å². The Labute approximate surface area is 66.6 Å². The van der Waals surface area contributed by atoms with Crippen molar-refractivity contribution in [3.8, 4) is 0 Å². The monoisotopic (exact) mass is 150 g/mol. The fraction of sp³-hybridized carbons (Fsp3) is 0. The van der Waals surface area contributed by atoms with Crippen LogP contribution in [0.25, 0.3) is 0 Å². The molecule has 0 spiro atoms. The topological polar surface area (TPSA) is 57.4 Å². The summed E-state index contributed by atoms with van der Waals surface area (Å²) in [6.07, 6.45) is 6.92. The molecule has 0 aromatic carbocycles. The summed E-state index contributed by atoms with van der Waals surface area (Å²) in [4.78, 5) is 0. The molecule has 0 aliphatic heterocycles. The van der Waals surface area contributed by atoms with Crippen molar-refractivity contribution >= 4 is 8.41 Å². The molecule has 2 aromatic heterocycles. The van der Waals surface area contributed by atoms with Crippen LogP contribution in [0.5, 0.6) is 0 Å². The second kappa shape index (κ2) is 6.60. The lowest BCUT2D eigenvalue weighted by Gasteiger charge is -1.49. The minimum atomic E-state index is 0. The number of hydrogen-bond acceptors (Lipinski definition) is 2. The predicted molar refractivity (Wildman–Crippen MR) is 47.1 cm³/mol. The van der Waals surface area contributed by atoms with Gasteiger partial charge in [0.25, 0.3) is 0 Å². The van der Waals surface area contributed by atoms with Crippen LogP contribution in [0.2, 0.25) is 0 Å². The molecule has 0 saturated carbocycles. The highest BCUT2D eigenvalue weighted by Gasteiger charge is 1.57. The van der Waals surface area contributed by atoms with Crippen LogP contribution in [0.15, 0.2) is 36.9 Å². The Morgan fingerprint density at radius 2 is 1.27 bits per heavy atom. The average Bonchev–Trinajstić information content (AvgIpc) is 2.67. The summed E-state index contributed by atoms with van der Waals surface area (Å²) in [5.41, 5.74) is 0. The van der Waals surface area contributed by atoms with Crippen LogP contribution in [0.1, 0.15) is 0 Å². The van der Waals surface area contributed by atoms with E-state index < -0.39 is 0 Å². The van der Waals surface area contributed by atoms with Gasteiger partial charge in [-0.25, -0.2) is 0 Å². The quantitative estimate of drug-likeness (QED) is 0.503. The van der Waals surface area contributed by atoms with E-state index in [1.165, 1.54) is 0 Å². The summed E-state index contributed by atoms with van der Waals surface area (Å²) in [6.45, 7) is 0. The molecule has 0 fully saturated rings. The van der Waals surface area contributed by atoms with E-state index in [1.54, 1.807) is 24.8 Å². The first-order chi connectivity index (χ1) is 5.00. The molecule has 5 heteroatoms. The number of aromatic nitrogens is 4. The Bertz CT molecular complexity index is 154. The van der Waals surface area contributed by atoms with Crippen molar-refractivity contribution in [3.63, 3.8) is 0 Å². The number of nitrogens with zero attached hydrogens (tertiary/aromatic N) is 2. The SMILES string of the molecule is B.c1cn[nH]c1.c1cn[nH]c1. The normalized spacial score (nSPS) is 7.27. The summed E-state index contributed by atoms with van der Waals surface area (Å²) in [6, 6.07) is 3.67. The molecule has 0 saturated heterocycles. The van der Waals surface area contributed by atoms with Gasteiger partial charge in [-0.15, -0.1) is 0 Å². The zero-order chi connectivity index (χ0) is 7.07. The maximum Gasteiger partial charge on any atom is 0.0814 e. The van der Waals surface area contributed by atoms with Crippen LogP contribution in [-0.4, -0.2) is 28.8 Å². The molecule has 2 rings (SSSR count). The van der Waals surface area contributed by atoms with E-state index in [-0.39, 0.29) is 8.41 Å². The van der Waals surface area contributed by atoms with Gasteiger partial charge in [-0.1, -0.05) is 0 Å². The maximum atomic E-state index is 3.60. The Morgan fingerprint density at radius 3 is 1.36 bits per heavy atom. The minimum Gasteiger partial charge on any atom is -0.286 e. The average molecular weight is 150 g/mol. The molecule has 2 heterocycles. The molecular weight excluding hydrogens is 139 g/mol. The van der Waals surface area contributed by atoms with Gasteiger partial charge in [0.05, 0.1) is 8.41 Å². The van der Waals surface area contributed by atoms with Crippen molar-refractivity contribution in [2.24, 2.45) is 0 Å². The lowest BCUT2D eigenvalue weighted by molar-refractivity contribution is 1.09. The van der Waals surface area contributed by atoms with Gasteiger partial charge in [0.2, 0.25) is 0 Å². The number of aromatic amines is 2. The molecule has 2 N–H and O–H groups in total. The van der Waals surface area contributed by atoms with E-state index in [9.17, 15) is 0 Å². The number of rotatable bonds is 0. The molecule has 0 radical (unpaired) electrons. The van der Waals surface area contributed by atoms with E-state index in [2.05, 4.69) is 20.4 Å². The van der Waals surface area contributed by atoms with E-state index in [0.29, 0.717) is 0 Å². The molecule has 0 aliphatic rings. The second-order valence-corrected chi connectivity index (χ2v) is 1.53. The summed E-state index contributed by atoms with van der Waals surface area (Å²) in [7, 11) is 0. The van der Waals surface area contributed by atoms with Crippen molar-refractivity contribution in [2.75, 3.05) is 0 Å². The zero-order valence-electron chi connectivity index (χ0n) is 5.36. The Hall–Kier alpha value is -1.52. The van der Waals surface area contributed by atoms with Gasteiger partial charge in [0, 0.05) is 24.8 Å². The molecule has 0 unspecified atom stereocenters. The van der Waals surface area contributed by atoms with Crippen LogP contribution < -0.4 is 0 Å². The molecule has 0 bridgehead atoms. The first-order valence-electron chi connectivity index (χ1n) is 2.87. The largest absolute Gasteiger partial charge is 0.286 e. The van der Waals surface area contributed by atoms with Crippen molar-refractivity contribution in [2.45, 2.75) is 0 Å². The smallest absolute Gasteiger partial charge is 0.0814 e. The molecular formula is C6H11BN4. The van der Waals surface area contributed by atoms with Crippen molar-refractivity contribution in [3.05, 3.63) is 36.9 Å². The molecule has 0 atom stereocenters. The summed E-state index contributed by atoms with van der Waals surface area (Å²) in [5, 5.41) is 12.4. The third-order valence-corrected chi connectivity index (χ3v) is 0.812. The fourth-order valence-corrected chi connectivity index (χ4v) is 0.430. The van der Waals surface area contributed by atoms with E-state index in [4.69, 9.17) is 0 Å². The minimum absolute atomic E-state index is 0. The van der Waals surface area contributed by atoms with Gasteiger partial charge < -0.3 is 0 Å². The third kappa shape index (κ3) is 4.96. The van der Waals surface area contributed by atoms with Gasteiger partial charge >= 0.3 is 0 Å². The van der Waals surface area contributed by atoms with Crippen LogP contribution in [0.4, 0.5) is 0 Å². The summed E-state index contributed by atoms with van der Waals surface area (Å²) < 4.78 is 0. The lowest BCUT2D eigenvalue weighted by Crippen LogP contribution is -1.53. The predicted octanol–water partition coefficient (Wildman–Crippen LogP) is -0.365. The zero-order valence-corrected chi connectivity index (χ0v) is 5.36. The van der Waals surface area contributed by atoms with Crippen molar-refractivity contribution in [1.29, 1.82) is 0 Å². The molecule has 0 aliphatic carbocycles. The molecule has 0 amide bonds. The second-order valence-electron chi connectivity index (χ2n) is 1.53. The third-order valence-electron chi connectivity index (χ3n) is 0.812. The number of H-pyrrole nitrogens is 2. The highest BCUT2D eigenvalue weighted by atomic mass is 15.1. The highest BCUT2D eigenvalue weighted by molar-refractivity contribution is 5.75. The van der Waals surface area contributed by atoms with Gasteiger partial charge in [0.15, 0.2) is 0 Å². The Balaban J connectivity index is 0.000000167. The summed E-state index contributed by atoms with van der Waals surface area (Å²) >= 11 is 0. The molecule has 58 valence electrons. The van der Waals surface area contributed by atoms with Gasteiger partial charge in [-0.3, -0.25) is 10.2 Å². The standard InChI is InChI=1S/2C3H4N2.BH3/c2*1-2-4-5-3-1;/h2*1-3H,(H,4,5);1H3. The van der Waals surface area contributed by atoms with Crippen LogP contribution >= 0.6 is 0 Å². The maximum absolute atomic E-state index is 3.60. The Kier molecular flexibility index (Phi) is 5.69. The van der Waals surface area contributed by atoms with Gasteiger partial charge in [-0.05, 0) is 12.1 Å². The van der Waals surface area contributed by atoms with E-state index in [1.807, 2.05) is 12.1 Å². The van der Waals surface area contributed by atoms with Crippen LogP contribution in [0.3, 0.4) is 0 Å². The number of nitrogens with one attached hydrogen (secondary N) is 2. The first-order valence-corrected chi connectivity index (χ1v) is 2.87. The first kappa shape index (κ1) is 9.48. The molecule has 4 nitrogen and oxygen atoms in total. The lowest BCUT2D eigenvalue weighted by atomic mass is 10.8.